The third-order valence-corrected chi connectivity index (χ3v) is 4.05. The van der Waals surface area contributed by atoms with Gasteiger partial charge in [-0.05, 0) is 22.8 Å². The highest BCUT2D eigenvalue weighted by Crippen LogP contribution is 2.43. The molecule has 0 fully saturated rings. The van der Waals surface area contributed by atoms with E-state index in [1.807, 2.05) is 0 Å². The van der Waals surface area contributed by atoms with Crippen molar-refractivity contribution in [3.63, 3.8) is 0 Å². The maximum Gasteiger partial charge on any atom is 0.327 e. The van der Waals surface area contributed by atoms with Gasteiger partial charge in [-0.15, -0.1) is 0 Å². The molecule has 1 rings (SSSR count). The molecule has 0 saturated heterocycles. The van der Waals surface area contributed by atoms with Crippen molar-refractivity contribution in [2.75, 3.05) is 0 Å². The molecule has 100 valence electrons. The first-order chi connectivity index (χ1) is 8.27. The molecule has 0 radical (unpaired) electrons. The molecule has 2 heteroatoms. The molecule has 0 aromatic carbocycles. The minimum Gasteiger partial charge on any atom is -0.478 e. The summed E-state index contributed by atoms with van der Waals surface area (Å²) in [5, 5.41) is 8.77. The van der Waals surface area contributed by atoms with Crippen LogP contribution in [0.1, 0.15) is 34.6 Å². The minimum absolute atomic E-state index is 0.0136. The Labute approximate surface area is 110 Å². The molecule has 0 aromatic heterocycles. The van der Waals surface area contributed by atoms with E-state index in [9.17, 15) is 4.79 Å². The lowest BCUT2D eigenvalue weighted by molar-refractivity contribution is -0.131. The highest BCUT2D eigenvalue weighted by molar-refractivity contribution is 5.79. The molecular weight excluding hydrogens is 224 g/mol. The average Bonchev–Trinajstić information content (AvgIpc) is 2.26. The van der Waals surface area contributed by atoms with E-state index < -0.39 is 5.97 Å². The van der Waals surface area contributed by atoms with Crippen molar-refractivity contribution in [3.8, 4) is 0 Å². The fraction of sp³-hybridized carbons (Fsp3) is 0.562. The Morgan fingerprint density at radius 1 is 1.39 bits per heavy atom. The molecule has 0 bridgehead atoms. The molecule has 1 aliphatic carbocycles. The largest absolute Gasteiger partial charge is 0.478 e. The van der Waals surface area contributed by atoms with Crippen LogP contribution >= 0.6 is 0 Å². The second kappa shape index (κ2) is 5.55. The van der Waals surface area contributed by atoms with Crippen LogP contribution in [0, 0.1) is 23.2 Å². The Hall–Kier alpha value is -1.31. The average molecular weight is 248 g/mol. The van der Waals surface area contributed by atoms with Gasteiger partial charge in [0.2, 0.25) is 0 Å². The Bertz CT molecular complexity index is 399. The smallest absolute Gasteiger partial charge is 0.327 e. The van der Waals surface area contributed by atoms with E-state index in [1.54, 1.807) is 6.08 Å². The summed E-state index contributed by atoms with van der Waals surface area (Å²) in [4.78, 5) is 10.7. The van der Waals surface area contributed by atoms with E-state index in [2.05, 4.69) is 52.8 Å². The molecular formula is C16H24O2. The highest BCUT2D eigenvalue weighted by Gasteiger charge is 2.34. The second-order valence-corrected chi connectivity index (χ2v) is 5.90. The predicted octanol–water partition coefficient (Wildman–Crippen LogP) is 4.06. The van der Waals surface area contributed by atoms with Crippen LogP contribution in [-0.4, -0.2) is 11.1 Å². The summed E-state index contributed by atoms with van der Waals surface area (Å²) in [5.74, 6) is 0.229. The molecule has 0 spiro atoms. The van der Waals surface area contributed by atoms with Gasteiger partial charge in [-0.2, -0.15) is 0 Å². The second-order valence-electron chi connectivity index (χ2n) is 5.90. The van der Waals surface area contributed by atoms with Crippen molar-refractivity contribution < 1.29 is 9.90 Å². The van der Waals surface area contributed by atoms with Crippen molar-refractivity contribution >= 4 is 5.97 Å². The van der Waals surface area contributed by atoms with Crippen molar-refractivity contribution in [3.05, 3.63) is 36.0 Å². The van der Waals surface area contributed by atoms with Gasteiger partial charge in [-0.1, -0.05) is 58.9 Å². The molecule has 0 heterocycles. The van der Waals surface area contributed by atoms with Crippen LogP contribution in [0.2, 0.25) is 0 Å². The highest BCUT2D eigenvalue weighted by atomic mass is 16.4. The van der Waals surface area contributed by atoms with Crippen LogP contribution in [0.4, 0.5) is 0 Å². The fourth-order valence-electron chi connectivity index (χ4n) is 2.29. The maximum atomic E-state index is 10.7. The standard InChI is InChI=1S/C16H24O2/c1-11(2)13-6-7-14(8-9-15(17)18)16(5,10-13)12(3)4/h6-12,14H,1-5H3,(H,17,18)/b9-8+. The van der Waals surface area contributed by atoms with Crippen molar-refractivity contribution in [2.24, 2.45) is 23.2 Å². The van der Waals surface area contributed by atoms with Gasteiger partial charge >= 0.3 is 5.97 Å². The molecule has 2 nitrogen and oxygen atoms in total. The normalized spacial score (nSPS) is 28.2. The molecule has 1 N–H and O–H groups in total. The first-order valence-electron chi connectivity index (χ1n) is 6.59. The van der Waals surface area contributed by atoms with Crippen molar-refractivity contribution in [2.45, 2.75) is 34.6 Å². The van der Waals surface area contributed by atoms with Gasteiger partial charge in [-0.3, -0.25) is 0 Å². The zero-order valence-corrected chi connectivity index (χ0v) is 12.0. The lowest BCUT2D eigenvalue weighted by atomic mass is 9.65. The Kier molecular flexibility index (Phi) is 4.55. The lowest BCUT2D eigenvalue weighted by Crippen LogP contribution is -2.31. The van der Waals surface area contributed by atoms with Gasteiger partial charge in [0.1, 0.15) is 0 Å². The van der Waals surface area contributed by atoms with Crippen molar-refractivity contribution in [1.82, 2.24) is 0 Å². The summed E-state index contributed by atoms with van der Waals surface area (Å²) < 4.78 is 0. The predicted molar refractivity (Wildman–Crippen MR) is 75.3 cm³/mol. The topological polar surface area (TPSA) is 37.3 Å². The zero-order valence-electron chi connectivity index (χ0n) is 12.0. The number of allylic oxidation sites excluding steroid dienone is 5. The van der Waals surface area contributed by atoms with Crippen LogP contribution in [-0.2, 0) is 4.79 Å². The van der Waals surface area contributed by atoms with E-state index >= 15 is 0 Å². The summed E-state index contributed by atoms with van der Waals surface area (Å²) in [6.45, 7) is 11.0. The molecule has 18 heavy (non-hydrogen) atoms. The Morgan fingerprint density at radius 2 is 2.00 bits per heavy atom. The first-order valence-corrected chi connectivity index (χ1v) is 6.59. The molecule has 0 aromatic rings. The third-order valence-electron chi connectivity index (χ3n) is 4.05. The SMILES string of the molecule is CC(C)C1=CC(C)(C(C)C)C(/C=C/C(=O)O)C=C1. The van der Waals surface area contributed by atoms with Gasteiger partial charge in [0, 0.05) is 12.0 Å². The summed E-state index contributed by atoms with van der Waals surface area (Å²) in [5.41, 5.74) is 1.33. The molecule has 2 unspecified atom stereocenters. The van der Waals surface area contributed by atoms with Gasteiger partial charge in [0.25, 0.3) is 0 Å². The van der Waals surface area contributed by atoms with Crippen LogP contribution in [0.3, 0.4) is 0 Å². The Balaban J connectivity index is 3.09. The van der Waals surface area contributed by atoms with E-state index in [-0.39, 0.29) is 11.3 Å². The number of hydrogen-bond acceptors (Lipinski definition) is 1. The molecule has 2 atom stereocenters. The fourth-order valence-corrected chi connectivity index (χ4v) is 2.29. The van der Waals surface area contributed by atoms with E-state index in [0.29, 0.717) is 11.8 Å². The minimum atomic E-state index is -0.881. The number of rotatable bonds is 4. The maximum absolute atomic E-state index is 10.7. The molecule has 0 aliphatic heterocycles. The zero-order chi connectivity index (χ0) is 13.9. The van der Waals surface area contributed by atoms with E-state index in [0.717, 1.165) is 0 Å². The first kappa shape index (κ1) is 14.7. The van der Waals surface area contributed by atoms with Crippen LogP contribution in [0.5, 0.6) is 0 Å². The number of hydrogen-bond donors (Lipinski definition) is 1. The lowest BCUT2D eigenvalue weighted by Gasteiger charge is -2.39. The van der Waals surface area contributed by atoms with Crippen molar-refractivity contribution in [1.29, 1.82) is 0 Å². The number of carbonyl (C=O) groups is 1. The number of aliphatic carboxylic acids is 1. The monoisotopic (exact) mass is 248 g/mol. The quantitative estimate of drug-likeness (QED) is 0.762. The third kappa shape index (κ3) is 3.12. The van der Waals surface area contributed by atoms with Gasteiger partial charge in [0.05, 0.1) is 0 Å². The van der Waals surface area contributed by atoms with E-state index in [1.165, 1.54) is 11.6 Å². The van der Waals surface area contributed by atoms with Crippen LogP contribution < -0.4 is 0 Å². The molecule has 0 saturated carbocycles. The van der Waals surface area contributed by atoms with Gasteiger partial charge in [0.15, 0.2) is 0 Å². The van der Waals surface area contributed by atoms with E-state index in [4.69, 9.17) is 5.11 Å². The number of carboxylic acid groups (broad SMARTS) is 1. The van der Waals surface area contributed by atoms with Gasteiger partial charge < -0.3 is 5.11 Å². The summed E-state index contributed by atoms with van der Waals surface area (Å²) >= 11 is 0. The van der Waals surface area contributed by atoms with Crippen LogP contribution in [0.15, 0.2) is 36.0 Å². The molecule has 1 aliphatic rings. The van der Waals surface area contributed by atoms with Crippen LogP contribution in [0.25, 0.3) is 0 Å². The summed E-state index contributed by atoms with van der Waals surface area (Å²) in [7, 11) is 0. The number of carboxylic acids is 1. The summed E-state index contributed by atoms with van der Waals surface area (Å²) in [6, 6.07) is 0. The Morgan fingerprint density at radius 3 is 2.44 bits per heavy atom. The van der Waals surface area contributed by atoms with Gasteiger partial charge in [-0.25, -0.2) is 4.79 Å². The summed E-state index contributed by atoms with van der Waals surface area (Å²) in [6.07, 6.45) is 9.63. The molecule has 0 amide bonds.